The first kappa shape index (κ1) is 15.9. The van der Waals surface area contributed by atoms with Crippen LogP contribution in [0, 0.1) is 0 Å². The third-order valence-corrected chi connectivity index (χ3v) is 5.79. The molecular weight excluding hydrogens is 300 g/mol. The monoisotopic (exact) mass is 328 g/mol. The summed E-state index contributed by atoms with van der Waals surface area (Å²) in [5.41, 5.74) is 4.51. The molecule has 24 heavy (non-hydrogen) atoms. The highest BCUT2D eigenvalue weighted by atomic mass is 16.1. The Morgan fingerprint density at radius 3 is 2.75 bits per heavy atom. The lowest BCUT2D eigenvalue weighted by Crippen LogP contribution is -2.34. The Morgan fingerprint density at radius 2 is 1.96 bits per heavy atom. The van der Waals surface area contributed by atoms with Crippen molar-refractivity contribution in [3.05, 3.63) is 27.2 Å². The summed E-state index contributed by atoms with van der Waals surface area (Å²) in [4.78, 5) is 18.2. The second-order valence-electron chi connectivity index (χ2n) is 7.40. The van der Waals surface area contributed by atoms with E-state index in [0.717, 1.165) is 37.0 Å². The summed E-state index contributed by atoms with van der Waals surface area (Å²) in [7, 11) is 1.96. The Balaban J connectivity index is 1.90. The molecule has 4 rings (SSSR count). The first-order valence-electron chi connectivity index (χ1n) is 9.55. The maximum absolute atomic E-state index is 12.5. The van der Waals surface area contributed by atoms with E-state index in [0.29, 0.717) is 6.04 Å². The number of piperidine rings is 1. The average molecular weight is 328 g/mol. The summed E-state index contributed by atoms with van der Waals surface area (Å²) in [6.07, 6.45) is 9.17. The number of nitrogens with zero attached hydrogens (tertiary/aromatic N) is 3. The van der Waals surface area contributed by atoms with Crippen LogP contribution in [0.2, 0.25) is 0 Å². The van der Waals surface area contributed by atoms with Crippen molar-refractivity contribution < 1.29 is 0 Å². The van der Waals surface area contributed by atoms with Gasteiger partial charge in [0.1, 0.15) is 5.65 Å². The van der Waals surface area contributed by atoms with Gasteiger partial charge in [-0.2, -0.15) is 5.10 Å². The van der Waals surface area contributed by atoms with Gasteiger partial charge in [-0.05, 0) is 63.6 Å². The molecule has 0 aromatic carbocycles. The average Bonchev–Trinajstić information content (AvgIpc) is 2.93. The van der Waals surface area contributed by atoms with Crippen molar-refractivity contribution in [1.82, 2.24) is 19.7 Å². The van der Waals surface area contributed by atoms with Crippen molar-refractivity contribution in [1.29, 1.82) is 0 Å². The van der Waals surface area contributed by atoms with E-state index in [1.165, 1.54) is 55.3 Å². The third-order valence-electron chi connectivity index (χ3n) is 5.79. The maximum atomic E-state index is 12.5. The normalized spacial score (nSPS) is 22.0. The van der Waals surface area contributed by atoms with Gasteiger partial charge in [0.15, 0.2) is 0 Å². The van der Waals surface area contributed by atoms with E-state index >= 15 is 0 Å². The number of aromatic nitrogens is 3. The number of likely N-dealkylation sites (tertiary alicyclic amines) is 1. The van der Waals surface area contributed by atoms with Crippen LogP contribution in [0.25, 0.3) is 11.0 Å². The SMILES string of the molecule is CCCN1CCCC[C@H]1c1nn(C)c2[nH]c(=O)c3c(c12)CCCC3. The van der Waals surface area contributed by atoms with E-state index < -0.39 is 0 Å². The van der Waals surface area contributed by atoms with Crippen LogP contribution in [0.4, 0.5) is 0 Å². The smallest absolute Gasteiger partial charge is 0.253 e. The van der Waals surface area contributed by atoms with E-state index in [4.69, 9.17) is 5.10 Å². The maximum Gasteiger partial charge on any atom is 0.253 e. The van der Waals surface area contributed by atoms with E-state index in [9.17, 15) is 4.79 Å². The molecule has 0 spiro atoms. The van der Waals surface area contributed by atoms with Gasteiger partial charge in [-0.1, -0.05) is 13.3 Å². The number of hydrogen-bond donors (Lipinski definition) is 1. The quantitative estimate of drug-likeness (QED) is 0.942. The molecule has 1 aliphatic heterocycles. The van der Waals surface area contributed by atoms with Gasteiger partial charge in [-0.15, -0.1) is 0 Å². The standard InChI is InChI=1S/C19H28N4O/c1-3-11-23-12-7-6-10-15(23)17-16-13-8-4-5-9-14(13)19(24)20-18(16)22(2)21-17/h15H,3-12H2,1-2H3,(H,20,24)/t15-/m0/s1. The Kier molecular flexibility index (Phi) is 4.21. The Labute approximate surface area is 143 Å². The second kappa shape index (κ2) is 6.36. The molecule has 1 fully saturated rings. The largest absolute Gasteiger partial charge is 0.307 e. The second-order valence-corrected chi connectivity index (χ2v) is 7.40. The predicted octanol–water partition coefficient (Wildman–Crippen LogP) is 3.08. The zero-order valence-corrected chi connectivity index (χ0v) is 14.9. The molecule has 2 aromatic heterocycles. The molecule has 0 radical (unpaired) electrons. The Hall–Kier alpha value is -1.62. The number of pyridine rings is 1. The molecule has 2 aromatic rings. The highest BCUT2D eigenvalue weighted by molar-refractivity contribution is 5.84. The van der Waals surface area contributed by atoms with Gasteiger partial charge in [-0.25, -0.2) is 0 Å². The van der Waals surface area contributed by atoms with Crippen LogP contribution in [0.5, 0.6) is 0 Å². The van der Waals surface area contributed by atoms with Gasteiger partial charge in [0.2, 0.25) is 0 Å². The van der Waals surface area contributed by atoms with Crippen LogP contribution in [0.1, 0.15) is 68.3 Å². The van der Waals surface area contributed by atoms with Gasteiger partial charge >= 0.3 is 0 Å². The fraction of sp³-hybridized carbons (Fsp3) is 0.684. The first-order valence-corrected chi connectivity index (χ1v) is 9.55. The minimum atomic E-state index is 0.0980. The summed E-state index contributed by atoms with van der Waals surface area (Å²) >= 11 is 0. The topological polar surface area (TPSA) is 53.9 Å². The lowest BCUT2D eigenvalue weighted by atomic mass is 9.88. The number of hydrogen-bond acceptors (Lipinski definition) is 3. The van der Waals surface area contributed by atoms with Crippen LogP contribution in [-0.2, 0) is 19.9 Å². The summed E-state index contributed by atoms with van der Waals surface area (Å²) < 4.78 is 1.89. The molecule has 3 heterocycles. The van der Waals surface area contributed by atoms with Gasteiger partial charge in [-0.3, -0.25) is 14.4 Å². The van der Waals surface area contributed by atoms with Gasteiger partial charge in [0, 0.05) is 18.0 Å². The van der Waals surface area contributed by atoms with Crippen LogP contribution < -0.4 is 5.56 Å². The van der Waals surface area contributed by atoms with Crippen molar-refractivity contribution in [3.63, 3.8) is 0 Å². The molecule has 0 bridgehead atoms. The minimum absolute atomic E-state index is 0.0980. The molecule has 1 N–H and O–H groups in total. The van der Waals surface area contributed by atoms with Crippen molar-refractivity contribution in [2.24, 2.45) is 7.05 Å². The Morgan fingerprint density at radius 1 is 1.17 bits per heavy atom. The molecule has 1 saturated heterocycles. The van der Waals surface area contributed by atoms with Crippen molar-refractivity contribution in [3.8, 4) is 0 Å². The van der Waals surface area contributed by atoms with Gasteiger partial charge < -0.3 is 4.98 Å². The van der Waals surface area contributed by atoms with Crippen LogP contribution >= 0.6 is 0 Å². The highest BCUT2D eigenvalue weighted by Crippen LogP contribution is 2.37. The molecule has 0 amide bonds. The number of fused-ring (bicyclic) bond motifs is 3. The molecule has 0 unspecified atom stereocenters. The van der Waals surface area contributed by atoms with Crippen LogP contribution in [0.3, 0.4) is 0 Å². The predicted molar refractivity (Wildman–Crippen MR) is 96.4 cm³/mol. The molecule has 1 aliphatic carbocycles. The molecular formula is C19H28N4O. The van der Waals surface area contributed by atoms with Gasteiger partial charge in [0.25, 0.3) is 5.56 Å². The fourth-order valence-electron chi connectivity index (χ4n) is 4.69. The lowest BCUT2D eigenvalue weighted by molar-refractivity contribution is 0.146. The molecule has 5 nitrogen and oxygen atoms in total. The van der Waals surface area contributed by atoms with E-state index in [-0.39, 0.29) is 5.56 Å². The third kappa shape index (κ3) is 2.50. The number of rotatable bonds is 3. The lowest BCUT2D eigenvalue weighted by Gasteiger charge is -2.35. The number of aromatic amines is 1. The van der Waals surface area contributed by atoms with E-state index in [1.807, 2.05) is 11.7 Å². The van der Waals surface area contributed by atoms with Crippen LogP contribution in [0.15, 0.2) is 4.79 Å². The number of H-pyrrole nitrogens is 1. The fourth-order valence-corrected chi connectivity index (χ4v) is 4.69. The first-order chi connectivity index (χ1) is 11.7. The molecule has 0 saturated carbocycles. The number of nitrogens with one attached hydrogen (secondary N) is 1. The zero-order valence-electron chi connectivity index (χ0n) is 14.9. The van der Waals surface area contributed by atoms with E-state index in [2.05, 4.69) is 16.8 Å². The Bertz CT molecular complexity index is 802. The van der Waals surface area contributed by atoms with Crippen molar-refractivity contribution >= 4 is 11.0 Å². The summed E-state index contributed by atoms with van der Waals surface area (Å²) in [6.45, 7) is 4.55. The summed E-state index contributed by atoms with van der Waals surface area (Å²) in [5, 5.41) is 6.15. The van der Waals surface area contributed by atoms with Crippen LogP contribution in [-0.4, -0.2) is 32.8 Å². The zero-order chi connectivity index (χ0) is 16.7. The van der Waals surface area contributed by atoms with Crippen molar-refractivity contribution in [2.75, 3.05) is 13.1 Å². The molecule has 130 valence electrons. The minimum Gasteiger partial charge on any atom is -0.307 e. The molecule has 5 heteroatoms. The summed E-state index contributed by atoms with van der Waals surface area (Å²) in [6, 6.07) is 0.402. The van der Waals surface area contributed by atoms with Gasteiger partial charge in [0.05, 0.1) is 11.7 Å². The van der Waals surface area contributed by atoms with Crippen molar-refractivity contribution in [2.45, 2.75) is 64.3 Å². The highest BCUT2D eigenvalue weighted by Gasteiger charge is 2.30. The number of aryl methyl sites for hydroxylation is 2. The summed E-state index contributed by atoms with van der Waals surface area (Å²) in [5.74, 6) is 0. The molecule has 2 aliphatic rings. The molecule has 1 atom stereocenters. The van der Waals surface area contributed by atoms with E-state index in [1.54, 1.807) is 0 Å².